The van der Waals surface area contributed by atoms with Crippen LogP contribution in [0.5, 0.6) is 0 Å². The predicted molar refractivity (Wildman–Crippen MR) is 149 cm³/mol. The van der Waals surface area contributed by atoms with Gasteiger partial charge in [-0.3, -0.25) is 9.59 Å². The second-order valence-electron chi connectivity index (χ2n) is 8.85. The molecule has 0 unspecified atom stereocenters. The molecule has 6 N–H and O–H groups in total. The van der Waals surface area contributed by atoms with Gasteiger partial charge in [0.25, 0.3) is 0 Å². The molecule has 0 aliphatic carbocycles. The number of nitrogens with two attached hydrogens (primary N) is 2. The quantitative estimate of drug-likeness (QED) is 0.171. The molecule has 2 amide bonds. The number of unbranched alkanes of at least 4 members (excludes halogenated alkanes) is 1. The Morgan fingerprint density at radius 3 is 2.38 bits per heavy atom. The van der Waals surface area contributed by atoms with Crippen LogP contribution < -0.4 is 22.1 Å². The van der Waals surface area contributed by atoms with Crippen LogP contribution in [0, 0.1) is 0 Å². The normalized spacial score (nSPS) is 12.3. The van der Waals surface area contributed by atoms with E-state index in [4.69, 9.17) is 23.1 Å². The number of alkyl halides is 3. The second kappa shape index (κ2) is 14.5. The largest absolute Gasteiger partial charge is 0.416 e. The third-order valence-corrected chi connectivity index (χ3v) is 6.59. The SMILES string of the molecule is N/C(=C\C=C(/N)NC(=O)Cc1cccc(Cl)c1)CCCCc1nnc(NC(=O)Cc2cccc(C(F)(F)F)c2)s1. The Kier molecular flexibility index (Phi) is 11.1. The topological polar surface area (TPSA) is 136 Å². The van der Waals surface area contributed by atoms with E-state index >= 15 is 0 Å². The highest BCUT2D eigenvalue weighted by Crippen LogP contribution is 2.29. The molecular weight excluding hydrogens is 565 g/mol. The van der Waals surface area contributed by atoms with Crippen LogP contribution in [0.15, 0.2) is 72.2 Å². The molecule has 0 aliphatic rings. The number of amides is 2. The van der Waals surface area contributed by atoms with Gasteiger partial charge in [0.1, 0.15) is 10.8 Å². The van der Waals surface area contributed by atoms with Gasteiger partial charge in [-0.25, -0.2) is 0 Å². The fourth-order valence-electron chi connectivity index (χ4n) is 3.58. The zero-order valence-corrected chi connectivity index (χ0v) is 22.9. The first-order valence-electron chi connectivity index (χ1n) is 12.2. The van der Waals surface area contributed by atoms with Crippen molar-refractivity contribution in [1.29, 1.82) is 0 Å². The summed E-state index contributed by atoms with van der Waals surface area (Å²) in [5.41, 5.74) is 12.7. The second-order valence-corrected chi connectivity index (χ2v) is 10.3. The first-order chi connectivity index (χ1) is 19.0. The number of benzene rings is 2. The molecule has 2 aromatic carbocycles. The minimum absolute atomic E-state index is 0.140. The molecule has 1 heterocycles. The zero-order valence-electron chi connectivity index (χ0n) is 21.3. The van der Waals surface area contributed by atoms with Crippen molar-refractivity contribution in [3.05, 3.63) is 98.9 Å². The Balaban J connectivity index is 1.37. The number of aryl methyl sites for hydroxylation is 1. The fraction of sp³-hybridized carbons (Fsp3) is 0.259. The molecule has 13 heteroatoms. The van der Waals surface area contributed by atoms with Crippen LogP contribution in [0.25, 0.3) is 0 Å². The number of halogens is 4. The molecule has 40 heavy (non-hydrogen) atoms. The van der Waals surface area contributed by atoms with Gasteiger partial charge in [0.15, 0.2) is 0 Å². The summed E-state index contributed by atoms with van der Waals surface area (Å²) in [5, 5.41) is 14.7. The Bertz CT molecular complexity index is 1390. The molecule has 0 saturated carbocycles. The first-order valence-corrected chi connectivity index (χ1v) is 13.4. The number of hydrogen-bond donors (Lipinski definition) is 4. The molecule has 0 bridgehead atoms. The number of anilines is 1. The van der Waals surface area contributed by atoms with Crippen molar-refractivity contribution in [2.75, 3.05) is 5.32 Å². The Morgan fingerprint density at radius 2 is 1.65 bits per heavy atom. The lowest BCUT2D eigenvalue weighted by Gasteiger charge is -2.08. The van der Waals surface area contributed by atoms with Crippen LogP contribution in [0.3, 0.4) is 0 Å². The summed E-state index contributed by atoms with van der Waals surface area (Å²) in [6, 6.07) is 11.6. The number of allylic oxidation sites excluding steroid dienone is 3. The lowest BCUT2D eigenvalue weighted by molar-refractivity contribution is -0.137. The number of rotatable bonds is 12. The number of carbonyl (C=O) groups excluding carboxylic acids is 2. The Hall–Kier alpha value is -3.90. The van der Waals surface area contributed by atoms with Crippen LogP contribution in [0.2, 0.25) is 5.02 Å². The van der Waals surface area contributed by atoms with Gasteiger partial charge in [0.2, 0.25) is 16.9 Å². The molecule has 212 valence electrons. The van der Waals surface area contributed by atoms with Crippen LogP contribution >= 0.6 is 22.9 Å². The number of carbonyl (C=O) groups is 2. The molecule has 0 fully saturated rings. The Labute approximate surface area is 238 Å². The maximum absolute atomic E-state index is 12.9. The van der Waals surface area contributed by atoms with E-state index < -0.39 is 17.6 Å². The smallest absolute Gasteiger partial charge is 0.402 e. The molecule has 8 nitrogen and oxygen atoms in total. The van der Waals surface area contributed by atoms with Gasteiger partial charge in [0, 0.05) is 17.1 Å². The minimum atomic E-state index is -4.47. The number of nitrogens with zero attached hydrogens (tertiary/aromatic N) is 2. The van der Waals surface area contributed by atoms with E-state index in [2.05, 4.69) is 20.8 Å². The van der Waals surface area contributed by atoms with Gasteiger partial charge in [-0.15, -0.1) is 10.2 Å². The summed E-state index contributed by atoms with van der Waals surface area (Å²) in [6.07, 6.45) is 1.36. The fourth-order valence-corrected chi connectivity index (χ4v) is 4.59. The van der Waals surface area contributed by atoms with Crippen molar-refractivity contribution < 1.29 is 22.8 Å². The number of nitrogens with one attached hydrogen (secondary N) is 2. The highest BCUT2D eigenvalue weighted by atomic mass is 35.5. The molecule has 1 aromatic heterocycles. The highest BCUT2D eigenvalue weighted by molar-refractivity contribution is 7.15. The van der Waals surface area contributed by atoms with E-state index in [0.29, 0.717) is 28.6 Å². The third-order valence-electron chi connectivity index (χ3n) is 5.45. The van der Waals surface area contributed by atoms with E-state index in [-0.39, 0.29) is 35.3 Å². The summed E-state index contributed by atoms with van der Waals surface area (Å²) >= 11 is 7.13. The van der Waals surface area contributed by atoms with Gasteiger partial charge in [-0.2, -0.15) is 13.2 Å². The maximum atomic E-state index is 12.9. The average molecular weight is 593 g/mol. The van der Waals surface area contributed by atoms with Crippen LogP contribution in [-0.2, 0) is 35.0 Å². The molecule has 0 radical (unpaired) electrons. The minimum Gasteiger partial charge on any atom is -0.402 e. The molecule has 0 atom stereocenters. The van der Waals surface area contributed by atoms with Gasteiger partial charge in [-0.05, 0) is 60.7 Å². The molecule has 3 aromatic rings. The van der Waals surface area contributed by atoms with E-state index in [1.54, 1.807) is 30.3 Å². The molecule has 3 rings (SSSR count). The predicted octanol–water partition coefficient (Wildman–Crippen LogP) is 5.11. The first kappa shape index (κ1) is 30.6. The number of aromatic nitrogens is 2. The highest BCUT2D eigenvalue weighted by Gasteiger charge is 2.30. The maximum Gasteiger partial charge on any atom is 0.416 e. The van der Waals surface area contributed by atoms with Gasteiger partial charge in [0.05, 0.1) is 18.4 Å². The van der Waals surface area contributed by atoms with Crippen LogP contribution in [-0.4, -0.2) is 22.0 Å². The lowest BCUT2D eigenvalue weighted by Crippen LogP contribution is -2.28. The molecular formula is C27H28ClF3N6O2S. The van der Waals surface area contributed by atoms with Crippen LogP contribution in [0.1, 0.15) is 41.0 Å². The molecule has 0 saturated heterocycles. The summed E-state index contributed by atoms with van der Waals surface area (Å²) in [4.78, 5) is 24.4. The van der Waals surface area contributed by atoms with E-state index in [0.717, 1.165) is 30.5 Å². The van der Waals surface area contributed by atoms with Crippen molar-refractivity contribution >= 4 is 39.9 Å². The van der Waals surface area contributed by atoms with Crippen molar-refractivity contribution in [2.24, 2.45) is 11.5 Å². The Morgan fingerprint density at radius 1 is 0.950 bits per heavy atom. The summed E-state index contributed by atoms with van der Waals surface area (Å²) in [7, 11) is 0. The number of hydrogen-bond acceptors (Lipinski definition) is 7. The van der Waals surface area contributed by atoms with E-state index in [1.807, 2.05) is 0 Å². The van der Waals surface area contributed by atoms with Gasteiger partial charge in [-0.1, -0.05) is 53.3 Å². The monoisotopic (exact) mass is 592 g/mol. The summed E-state index contributed by atoms with van der Waals surface area (Å²) < 4.78 is 38.6. The van der Waals surface area contributed by atoms with Gasteiger partial charge >= 0.3 is 6.18 Å². The van der Waals surface area contributed by atoms with E-state index in [1.165, 1.54) is 29.5 Å². The van der Waals surface area contributed by atoms with Crippen molar-refractivity contribution in [2.45, 2.75) is 44.7 Å². The average Bonchev–Trinajstić information content (AvgIpc) is 3.31. The zero-order chi connectivity index (χ0) is 29.1. The lowest BCUT2D eigenvalue weighted by atomic mass is 10.1. The molecule has 0 aliphatic heterocycles. The van der Waals surface area contributed by atoms with Crippen LogP contribution in [0.4, 0.5) is 18.3 Å². The molecule has 0 spiro atoms. The van der Waals surface area contributed by atoms with Crippen molar-refractivity contribution in [3.63, 3.8) is 0 Å². The summed E-state index contributed by atoms with van der Waals surface area (Å²) in [5.74, 6) is -0.578. The van der Waals surface area contributed by atoms with Crippen molar-refractivity contribution in [1.82, 2.24) is 15.5 Å². The third kappa shape index (κ3) is 10.7. The summed E-state index contributed by atoms with van der Waals surface area (Å²) in [6.45, 7) is 0. The van der Waals surface area contributed by atoms with Gasteiger partial charge < -0.3 is 22.1 Å². The van der Waals surface area contributed by atoms with Crippen molar-refractivity contribution in [3.8, 4) is 0 Å². The van der Waals surface area contributed by atoms with E-state index in [9.17, 15) is 22.8 Å². The standard InChI is InChI=1S/C27H28ClF3N6O2S/c28-20-8-4-6-18(14-20)16-23(38)34-22(33)12-11-21(32)9-1-2-10-25-36-37-26(40-25)35-24(39)15-17-5-3-7-19(13-17)27(29,30)31/h3-8,11-14H,1-2,9-10,15-16,32-33H2,(H,34,38)(H,35,37,39)/b21-11-,22-12+.